The fourth-order valence-electron chi connectivity index (χ4n) is 3.06. The molecule has 1 amide bonds. The topological polar surface area (TPSA) is 66.4 Å². The molecule has 1 heterocycles. The van der Waals surface area contributed by atoms with Gasteiger partial charge in [-0.3, -0.25) is 9.59 Å². The summed E-state index contributed by atoms with van der Waals surface area (Å²) in [4.78, 5) is 24.1. The number of Topliss-reactive ketones (excluding diaryl/α,β-unsaturated/α-hetero) is 1. The molecule has 1 aromatic rings. The van der Waals surface area contributed by atoms with E-state index in [2.05, 4.69) is 5.32 Å². The fraction of sp³-hybridized carbons (Fsp3) is 0.429. The van der Waals surface area contributed by atoms with Gasteiger partial charge in [0.25, 0.3) is 5.91 Å². The van der Waals surface area contributed by atoms with Crippen LogP contribution in [0.3, 0.4) is 0 Å². The molecule has 2 unspecified atom stereocenters. The van der Waals surface area contributed by atoms with Crippen LogP contribution < -0.4 is 5.32 Å². The van der Waals surface area contributed by atoms with Crippen LogP contribution in [0.5, 0.6) is 0 Å². The number of benzene rings is 1. The van der Waals surface area contributed by atoms with Gasteiger partial charge in [-0.05, 0) is 25.0 Å². The Morgan fingerprint density at radius 2 is 2.11 bits per heavy atom. The van der Waals surface area contributed by atoms with Gasteiger partial charge in [0.15, 0.2) is 5.60 Å². The second-order valence-corrected chi connectivity index (χ2v) is 5.18. The van der Waals surface area contributed by atoms with E-state index in [0.717, 1.165) is 12.8 Å². The summed E-state index contributed by atoms with van der Waals surface area (Å²) < 4.78 is 13.2. The van der Waals surface area contributed by atoms with Crippen molar-refractivity contribution in [3.63, 3.8) is 0 Å². The van der Waals surface area contributed by atoms with Crippen LogP contribution in [0.2, 0.25) is 0 Å². The van der Waals surface area contributed by atoms with E-state index in [-0.39, 0.29) is 11.5 Å². The number of carbonyl (C=O) groups is 2. The molecular formula is C14H14FNO3. The molecule has 5 heteroatoms. The van der Waals surface area contributed by atoms with Crippen LogP contribution in [0.1, 0.15) is 31.2 Å². The van der Waals surface area contributed by atoms with Crippen molar-refractivity contribution in [3.8, 4) is 0 Å². The molecule has 2 atom stereocenters. The van der Waals surface area contributed by atoms with Crippen molar-refractivity contribution < 1.29 is 19.1 Å². The molecule has 1 aromatic carbocycles. The molecule has 0 saturated heterocycles. The van der Waals surface area contributed by atoms with E-state index in [0.29, 0.717) is 18.4 Å². The minimum Gasteiger partial charge on any atom is -0.375 e. The summed E-state index contributed by atoms with van der Waals surface area (Å²) in [6.45, 7) is 0. The minimum atomic E-state index is -1.85. The number of halogens is 1. The lowest BCUT2D eigenvalue weighted by atomic mass is 9.73. The molecule has 1 saturated carbocycles. The molecule has 0 aromatic heterocycles. The van der Waals surface area contributed by atoms with Gasteiger partial charge >= 0.3 is 0 Å². The van der Waals surface area contributed by atoms with E-state index in [1.807, 2.05) is 0 Å². The summed E-state index contributed by atoms with van der Waals surface area (Å²) >= 11 is 0. The van der Waals surface area contributed by atoms with E-state index in [9.17, 15) is 19.1 Å². The molecule has 0 radical (unpaired) electrons. The average molecular weight is 263 g/mol. The zero-order chi connectivity index (χ0) is 13.6. The van der Waals surface area contributed by atoms with Crippen molar-refractivity contribution in [2.75, 3.05) is 5.32 Å². The summed E-state index contributed by atoms with van der Waals surface area (Å²) in [5.41, 5.74) is -1.29. The predicted octanol–water partition coefficient (Wildman–Crippen LogP) is 1.72. The second-order valence-electron chi connectivity index (χ2n) is 5.18. The average Bonchev–Trinajstić information content (AvgIpc) is 2.62. The van der Waals surface area contributed by atoms with Gasteiger partial charge < -0.3 is 10.4 Å². The Hall–Kier alpha value is -1.75. The normalized spacial score (nSPS) is 30.1. The van der Waals surface area contributed by atoms with Crippen LogP contribution in [0, 0.1) is 11.7 Å². The van der Waals surface area contributed by atoms with Crippen LogP contribution >= 0.6 is 0 Å². The largest absolute Gasteiger partial charge is 0.375 e. The fourth-order valence-corrected chi connectivity index (χ4v) is 3.06. The molecule has 3 rings (SSSR count). The van der Waals surface area contributed by atoms with Crippen LogP contribution in [0.25, 0.3) is 0 Å². The molecule has 4 nitrogen and oxygen atoms in total. The first kappa shape index (κ1) is 12.3. The molecule has 19 heavy (non-hydrogen) atoms. The standard InChI is InChI=1S/C14H14FNO3/c15-8-5-6-9-11(7-8)16-13(18)14(9,19)10-3-1-2-4-12(10)17/h5-7,10,19H,1-4H2,(H,16,18). The number of nitrogens with one attached hydrogen (secondary N) is 1. The third kappa shape index (κ3) is 1.69. The number of rotatable bonds is 1. The second kappa shape index (κ2) is 4.13. The summed E-state index contributed by atoms with van der Waals surface area (Å²) in [5.74, 6) is -1.94. The number of hydrogen-bond donors (Lipinski definition) is 2. The minimum absolute atomic E-state index is 0.0962. The molecule has 1 aliphatic heterocycles. The van der Waals surface area contributed by atoms with Gasteiger partial charge in [0.2, 0.25) is 0 Å². The summed E-state index contributed by atoms with van der Waals surface area (Å²) in [7, 11) is 0. The third-order valence-electron chi connectivity index (χ3n) is 4.05. The molecule has 2 N–H and O–H groups in total. The number of ketones is 1. The van der Waals surface area contributed by atoms with Gasteiger partial charge in [-0.2, -0.15) is 0 Å². The lowest BCUT2D eigenvalue weighted by molar-refractivity contribution is -0.150. The maximum Gasteiger partial charge on any atom is 0.261 e. The maximum absolute atomic E-state index is 13.2. The zero-order valence-corrected chi connectivity index (χ0v) is 10.3. The van der Waals surface area contributed by atoms with Crippen LogP contribution in [0.15, 0.2) is 18.2 Å². The summed E-state index contributed by atoms with van der Waals surface area (Å²) in [5, 5.41) is 13.2. The van der Waals surface area contributed by atoms with Gasteiger partial charge in [-0.1, -0.05) is 12.5 Å². The number of amides is 1. The van der Waals surface area contributed by atoms with Crippen molar-refractivity contribution in [1.29, 1.82) is 0 Å². The number of anilines is 1. The Morgan fingerprint density at radius 3 is 2.84 bits per heavy atom. The Labute approximate surface area is 109 Å². The lowest BCUT2D eigenvalue weighted by Gasteiger charge is -2.32. The number of aliphatic hydroxyl groups is 1. The molecule has 2 aliphatic rings. The highest BCUT2D eigenvalue weighted by molar-refractivity contribution is 6.08. The number of fused-ring (bicyclic) bond motifs is 1. The molecule has 1 fully saturated rings. The van der Waals surface area contributed by atoms with Gasteiger partial charge in [0.05, 0.1) is 11.6 Å². The highest BCUT2D eigenvalue weighted by atomic mass is 19.1. The monoisotopic (exact) mass is 263 g/mol. The van der Waals surface area contributed by atoms with Crippen LogP contribution in [-0.2, 0) is 15.2 Å². The third-order valence-corrected chi connectivity index (χ3v) is 4.05. The van der Waals surface area contributed by atoms with E-state index < -0.39 is 23.2 Å². The summed E-state index contributed by atoms with van der Waals surface area (Å²) in [6.07, 6.45) is 2.47. The molecule has 0 spiro atoms. The zero-order valence-electron chi connectivity index (χ0n) is 10.3. The highest BCUT2D eigenvalue weighted by Crippen LogP contribution is 2.45. The molecule has 100 valence electrons. The van der Waals surface area contributed by atoms with E-state index in [1.54, 1.807) is 0 Å². The number of hydrogen-bond acceptors (Lipinski definition) is 3. The first-order valence-corrected chi connectivity index (χ1v) is 6.40. The van der Waals surface area contributed by atoms with Crippen LogP contribution in [0.4, 0.5) is 10.1 Å². The highest BCUT2D eigenvalue weighted by Gasteiger charge is 2.53. The Kier molecular flexibility index (Phi) is 2.67. The predicted molar refractivity (Wildman–Crippen MR) is 65.9 cm³/mol. The van der Waals surface area contributed by atoms with Crippen molar-refractivity contribution in [1.82, 2.24) is 0 Å². The Bertz CT molecular complexity index is 572. The molecular weight excluding hydrogens is 249 g/mol. The Morgan fingerprint density at radius 1 is 1.32 bits per heavy atom. The lowest BCUT2D eigenvalue weighted by Crippen LogP contribution is -2.46. The molecule has 0 bridgehead atoms. The van der Waals surface area contributed by atoms with Crippen molar-refractivity contribution in [2.24, 2.45) is 5.92 Å². The quantitative estimate of drug-likeness (QED) is 0.810. The van der Waals surface area contributed by atoms with E-state index >= 15 is 0 Å². The van der Waals surface area contributed by atoms with Gasteiger partial charge in [-0.25, -0.2) is 4.39 Å². The van der Waals surface area contributed by atoms with Gasteiger partial charge in [-0.15, -0.1) is 0 Å². The first-order chi connectivity index (χ1) is 9.03. The SMILES string of the molecule is O=C1CCCCC1C1(O)C(=O)Nc2cc(F)ccc21. The van der Waals surface area contributed by atoms with E-state index in [4.69, 9.17) is 0 Å². The Balaban J connectivity index is 2.09. The number of carbonyl (C=O) groups excluding carboxylic acids is 2. The summed E-state index contributed by atoms with van der Waals surface area (Å²) in [6, 6.07) is 3.74. The molecule has 1 aliphatic carbocycles. The van der Waals surface area contributed by atoms with Crippen molar-refractivity contribution in [2.45, 2.75) is 31.3 Å². The smallest absolute Gasteiger partial charge is 0.261 e. The van der Waals surface area contributed by atoms with Gasteiger partial charge in [0.1, 0.15) is 11.6 Å². The maximum atomic E-state index is 13.2. The first-order valence-electron chi connectivity index (χ1n) is 6.40. The van der Waals surface area contributed by atoms with E-state index in [1.165, 1.54) is 18.2 Å². The van der Waals surface area contributed by atoms with Gasteiger partial charge in [0, 0.05) is 12.0 Å². The van der Waals surface area contributed by atoms with Crippen molar-refractivity contribution in [3.05, 3.63) is 29.6 Å². The van der Waals surface area contributed by atoms with Crippen LogP contribution in [-0.4, -0.2) is 16.8 Å². The van der Waals surface area contributed by atoms with Crippen molar-refractivity contribution >= 4 is 17.4 Å².